The molecular weight excluding hydrogens is 124 g/mol. The molecule has 0 spiro atoms. The van der Waals surface area contributed by atoms with E-state index in [9.17, 15) is 9.59 Å². The van der Waals surface area contributed by atoms with E-state index >= 15 is 0 Å². The summed E-state index contributed by atoms with van der Waals surface area (Å²) < 4.78 is 0. The molecule has 1 radical (unpaired) electrons. The number of carbonyl (C=O) groups excluding carboxylic acids is 2. The lowest BCUT2D eigenvalue weighted by Gasteiger charge is -2.07. The summed E-state index contributed by atoms with van der Waals surface area (Å²) in [6.07, 6.45) is 2.34. The number of rotatable bonds is 0. The van der Waals surface area contributed by atoms with Crippen molar-refractivity contribution in [2.75, 3.05) is 5.75 Å². The predicted octanol–water partition coefficient (Wildman–Crippen LogP) is -0.648. The monoisotopic (exact) mass is 133 g/mol. The summed E-state index contributed by atoms with van der Waals surface area (Å²) in [5.41, 5.74) is 0. The number of carbonyl (C=O) groups is 2. The zero-order valence-electron chi connectivity index (χ0n) is 4.52. The Morgan fingerprint density at radius 1 is 1.50 bits per heavy atom. The van der Waals surface area contributed by atoms with E-state index in [0.717, 1.165) is 12.2 Å². The average molecular weight is 133 g/mol. The summed E-state index contributed by atoms with van der Waals surface area (Å²) in [5.74, 6) is 0.757. The summed E-state index contributed by atoms with van der Waals surface area (Å²) in [6, 6.07) is 0. The Balaban J connectivity index is 2.52. The second-order valence-electron chi connectivity index (χ2n) is 1.88. The van der Waals surface area contributed by atoms with Gasteiger partial charge in [-0.3, -0.25) is 21.4 Å². The van der Waals surface area contributed by atoms with Gasteiger partial charge in [-0.15, -0.1) is 0 Å². The van der Waals surface area contributed by atoms with E-state index in [1.165, 1.54) is 6.42 Å². The van der Waals surface area contributed by atoms with E-state index < -0.39 is 11.8 Å². The zero-order valence-corrected chi connectivity index (χ0v) is 5.93. The molecule has 1 fully saturated rings. The molecule has 0 aromatic heterocycles. The molecule has 1 aliphatic rings. The lowest BCUT2D eigenvalue weighted by Crippen LogP contribution is -2.15. The van der Waals surface area contributed by atoms with Gasteiger partial charge in [-0.2, -0.15) is 0 Å². The molecule has 47 valence electrons. The molecule has 0 saturated carbocycles. The highest BCUT2D eigenvalue weighted by molar-refractivity contribution is 8.15. The molecule has 0 N–H and O–H groups in total. The maximum Gasteiger partial charge on any atom is 0.217 e. The van der Waals surface area contributed by atoms with Gasteiger partial charge in [0.25, 0.3) is 0 Å². The minimum Gasteiger partial charge on any atom is -0.290 e. The molecule has 0 aromatic rings. The Hall–Kier alpha value is -0.310. The summed E-state index contributed by atoms with van der Waals surface area (Å²) in [7, 11) is 0. The Labute approximate surface area is 51.6 Å². The van der Waals surface area contributed by atoms with Crippen LogP contribution in [0.15, 0.2) is 0 Å². The van der Waals surface area contributed by atoms with Gasteiger partial charge >= 0.3 is 0 Å². The van der Waals surface area contributed by atoms with Gasteiger partial charge in [-0.25, -0.2) is 0 Å². The van der Waals surface area contributed by atoms with Crippen LogP contribution < -0.4 is 0 Å². The standard InChI is InChI=1S/C5H9O2S/c6-4-2-1-3-8-5(4)7/h2H,1,3H2,8H4. The first kappa shape index (κ1) is 5.82. The lowest BCUT2D eigenvalue weighted by molar-refractivity contribution is -0.129. The van der Waals surface area contributed by atoms with Crippen LogP contribution in [0.5, 0.6) is 0 Å². The first-order valence-corrected chi connectivity index (χ1v) is 4.42. The SMILES string of the molecule is O=C1[CH]CC[SH4]C1=O. The van der Waals surface area contributed by atoms with Gasteiger partial charge < -0.3 is 0 Å². The van der Waals surface area contributed by atoms with E-state index in [2.05, 4.69) is 0 Å². The van der Waals surface area contributed by atoms with E-state index in [4.69, 9.17) is 0 Å². The summed E-state index contributed by atoms with van der Waals surface area (Å²) in [6.45, 7) is 0. The van der Waals surface area contributed by atoms with Crippen LogP contribution in [0.2, 0.25) is 0 Å². The van der Waals surface area contributed by atoms with Crippen molar-refractivity contribution < 1.29 is 9.59 Å². The minimum atomic E-state index is -0.634. The molecule has 1 heterocycles. The third kappa shape index (κ3) is 1.10. The topological polar surface area (TPSA) is 34.1 Å². The fraction of sp³-hybridized carbons (Fsp3) is 0.400. The summed E-state index contributed by atoms with van der Waals surface area (Å²) in [5, 5.41) is -0.0868. The maximum absolute atomic E-state index is 10.5. The Morgan fingerprint density at radius 3 is 2.62 bits per heavy atom. The van der Waals surface area contributed by atoms with E-state index in [1.54, 1.807) is 0 Å². The van der Waals surface area contributed by atoms with Gasteiger partial charge in [-0.1, -0.05) is 0 Å². The van der Waals surface area contributed by atoms with Crippen molar-refractivity contribution in [3.8, 4) is 0 Å². The minimum absolute atomic E-state index is 0.0868. The van der Waals surface area contributed by atoms with Crippen molar-refractivity contribution in [1.82, 2.24) is 0 Å². The molecule has 1 aliphatic heterocycles. The molecule has 0 aromatic carbocycles. The van der Waals surface area contributed by atoms with Crippen LogP contribution in [0.3, 0.4) is 0 Å². The molecule has 0 bridgehead atoms. The highest BCUT2D eigenvalue weighted by atomic mass is 32.2. The van der Waals surface area contributed by atoms with E-state index in [1.807, 2.05) is 0 Å². The molecule has 0 atom stereocenters. The van der Waals surface area contributed by atoms with Crippen molar-refractivity contribution >= 4 is 22.7 Å². The molecule has 0 amide bonds. The zero-order chi connectivity index (χ0) is 5.98. The molecule has 0 aliphatic carbocycles. The van der Waals surface area contributed by atoms with Gasteiger partial charge in [0.1, 0.15) is 0 Å². The largest absolute Gasteiger partial charge is 0.290 e. The van der Waals surface area contributed by atoms with Gasteiger partial charge in [-0.05, 0) is 12.2 Å². The number of hydrogen-bond donors (Lipinski definition) is 0. The Kier molecular flexibility index (Phi) is 1.68. The maximum atomic E-state index is 10.5. The van der Waals surface area contributed by atoms with Crippen molar-refractivity contribution in [3.05, 3.63) is 6.42 Å². The van der Waals surface area contributed by atoms with Gasteiger partial charge in [0.15, 0.2) is 0 Å². The van der Waals surface area contributed by atoms with Crippen molar-refractivity contribution in [3.63, 3.8) is 0 Å². The normalized spacial score (nSPS) is 22.5. The predicted molar refractivity (Wildman–Crippen MR) is 37.0 cm³/mol. The van der Waals surface area contributed by atoms with Crippen LogP contribution in [0.4, 0.5) is 0 Å². The van der Waals surface area contributed by atoms with Crippen molar-refractivity contribution in [2.45, 2.75) is 6.42 Å². The third-order valence-electron chi connectivity index (χ3n) is 1.21. The first-order valence-electron chi connectivity index (χ1n) is 2.71. The summed E-state index contributed by atoms with van der Waals surface area (Å²) >= 11 is -0.634. The van der Waals surface area contributed by atoms with Crippen LogP contribution >= 0.6 is 11.8 Å². The fourth-order valence-electron chi connectivity index (χ4n) is 0.733. The number of ketones is 1. The Morgan fingerprint density at radius 2 is 2.25 bits per heavy atom. The smallest absolute Gasteiger partial charge is 0.217 e. The van der Waals surface area contributed by atoms with Gasteiger partial charge in [0.2, 0.25) is 10.9 Å². The first-order chi connectivity index (χ1) is 3.80. The molecule has 8 heavy (non-hydrogen) atoms. The molecule has 0 unspecified atom stereocenters. The Bertz CT molecular complexity index is 114. The van der Waals surface area contributed by atoms with Crippen LogP contribution in [-0.4, -0.2) is 16.7 Å². The average Bonchev–Trinajstić information content (AvgIpc) is 1.77. The lowest BCUT2D eigenvalue weighted by atomic mass is 10.2. The van der Waals surface area contributed by atoms with Crippen LogP contribution in [0, 0.1) is 6.42 Å². The second-order valence-corrected chi connectivity index (χ2v) is 3.73. The fourth-order valence-corrected chi connectivity index (χ4v) is 1.85. The number of Topliss-reactive ketones (excluding diaryl/α,β-unsaturated/α-hetero) is 1. The van der Waals surface area contributed by atoms with E-state index in [-0.39, 0.29) is 10.9 Å². The van der Waals surface area contributed by atoms with Crippen LogP contribution in [0.25, 0.3) is 0 Å². The van der Waals surface area contributed by atoms with Crippen LogP contribution in [0.1, 0.15) is 6.42 Å². The molecule has 3 heteroatoms. The summed E-state index contributed by atoms with van der Waals surface area (Å²) in [4.78, 5) is 20.9. The highest BCUT2D eigenvalue weighted by Crippen LogP contribution is 2.13. The van der Waals surface area contributed by atoms with E-state index in [0.29, 0.717) is 0 Å². The molecular formula is C5H9O2S. The molecule has 1 saturated heterocycles. The molecule has 1 rings (SSSR count). The third-order valence-corrected chi connectivity index (χ3v) is 2.78. The van der Waals surface area contributed by atoms with Crippen molar-refractivity contribution in [1.29, 1.82) is 0 Å². The molecule has 2 nitrogen and oxygen atoms in total. The van der Waals surface area contributed by atoms with Gasteiger partial charge in [0.05, 0.1) is 0 Å². The van der Waals surface area contributed by atoms with Crippen LogP contribution in [-0.2, 0) is 9.59 Å². The number of hydrogen-bond acceptors (Lipinski definition) is 2. The van der Waals surface area contributed by atoms with Gasteiger partial charge in [0, 0.05) is 6.42 Å². The highest BCUT2D eigenvalue weighted by Gasteiger charge is 2.14. The second kappa shape index (κ2) is 2.31. The van der Waals surface area contributed by atoms with Crippen molar-refractivity contribution in [2.24, 2.45) is 0 Å². The quantitative estimate of drug-likeness (QED) is 0.412.